The van der Waals surface area contributed by atoms with E-state index in [1.807, 2.05) is 0 Å². The molecule has 110 valence electrons. The number of rotatable bonds is 6. The number of hydrogen-bond acceptors (Lipinski definition) is 4. The number of anilines is 1. The molecular weight excluding hydrogens is 252 g/mol. The van der Waals surface area contributed by atoms with Crippen LogP contribution in [0.5, 0.6) is 0 Å². The second-order valence-corrected chi connectivity index (χ2v) is 5.56. The second kappa shape index (κ2) is 6.22. The molecule has 0 bridgehead atoms. The summed E-state index contributed by atoms with van der Waals surface area (Å²) in [6.07, 6.45) is 1.63. The van der Waals surface area contributed by atoms with E-state index in [0.29, 0.717) is 12.5 Å². The van der Waals surface area contributed by atoms with Gasteiger partial charge in [-0.15, -0.1) is 0 Å². The van der Waals surface area contributed by atoms with E-state index in [0.717, 1.165) is 29.9 Å². The molecule has 5 heteroatoms. The Balaban J connectivity index is 2.46. The zero-order chi connectivity index (χ0) is 14.7. The first-order valence-electron chi connectivity index (χ1n) is 7.09. The highest BCUT2D eigenvalue weighted by Gasteiger charge is 2.16. The van der Waals surface area contributed by atoms with Gasteiger partial charge in [0.1, 0.15) is 17.8 Å². The molecule has 0 aromatic carbocycles. The van der Waals surface area contributed by atoms with Crippen molar-refractivity contribution in [2.24, 2.45) is 5.92 Å². The number of fused-ring (bicyclic) bond motifs is 1. The Morgan fingerprint density at radius 3 is 2.70 bits per heavy atom. The molecule has 0 saturated heterocycles. The smallest absolute Gasteiger partial charge is 0.145 e. The van der Waals surface area contributed by atoms with E-state index in [-0.39, 0.29) is 0 Å². The topological polar surface area (TPSA) is 52.0 Å². The molecule has 0 fully saturated rings. The number of hydrogen-bond donors (Lipinski definition) is 1. The maximum absolute atomic E-state index is 5.08. The predicted octanol–water partition coefficient (Wildman–Crippen LogP) is 2.76. The first-order valence-corrected chi connectivity index (χ1v) is 7.09. The molecule has 2 heterocycles. The Bertz CT molecular complexity index is 589. The molecule has 0 aliphatic heterocycles. The van der Waals surface area contributed by atoms with Gasteiger partial charge < -0.3 is 14.6 Å². The molecular formula is C15H24N4O. The van der Waals surface area contributed by atoms with Crippen molar-refractivity contribution in [3.05, 3.63) is 17.6 Å². The summed E-state index contributed by atoms with van der Waals surface area (Å²) in [5, 5.41) is 4.46. The van der Waals surface area contributed by atoms with E-state index in [1.54, 1.807) is 13.4 Å². The van der Waals surface area contributed by atoms with Crippen LogP contribution < -0.4 is 5.32 Å². The van der Waals surface area contributed by atoms with Crippen LogP contribution in [0.3, 0.4) is 0 Å². The Morgan fingerprint density at radius 1 is 1.30 bits per heavy atom. The molecule has 0 saturated carbocycles. The summed E-state index contributed by atoms with van der Waals surface area (Å²) < 4.78 is 7.37. The highest BCUT2D eigenvalue weighted by Crippen LogP contribution is 2.29. The minimum atomic E-state index is 0.587. The maximum atomic E-state index is 5.08. The van der Waals surface area contributed by atoms with Gasteiger partial charge in [0.25, 0.3) is 0 Å². The summed E-state index contributed by atoms with van der Waals surface area (Å²) >= 11 is 0. The molecule has 0 radical (unpaired) electrons. The highest BCUT2D eigenvalue weighted by atomic mass is 16.5. The molecule has 2 aromatic rings. The third-order valence-electron chi connectivity index (χ3n) is 3.55. The number of nitrogens with zero attached hydrogens (tertiary/aromatic N) is 3. The van der Waals surface area contributed by atoms with Crippen molar-refractivity contribution in [3.8, 4) is 0 Å². The van der Waals surface area contributed by atoms with Crippen LogP contribution in [0.15, 0.2) is 6.33 Å². The first-order chi connectivity index (χ1) is 9.56. The molecule has 2 rings (SSSR count). The maximum Gasteiger partial charge on any atom is 0.145 e. The van der Waals surface area contributed by atoms with Crippen LogP contribution in [0.25, 0.3) is 11.0 Å². The summed E-state index contributed by atoms with van der Waals surface area (Å²) in [5.41, 5.74) is 3.54. The van der Waals surface area contributed by atoms with Crippen LogP contribution in [0.2, 0.25) is 0 Å². The standard InChI is InChI=1S/C15H24N4O/c1-10(2)8-19-12(4)11(3)13-14(16-6-7-20-5)17-9-18-15(13)19/h9-10H,6-8H2,1-5H3,(H,16,17,18). The fraction of sp³-hybridized carbons (Fsp3) is 0.600. The molecule has 0 atom stereocenters. The Morgan fingerprint density at radius 2 is 2.05 bits per heavy atom. The van der Waals surface area contributed by atoms with E-state index in [2.05, 4.69) is 47.5 Å². The first kappa shape index (κ1) is 14.8. The lowest BCUT2D eigenvalue weighted by Crippen LogP contribution is -2.10. The molecule has 1 N–H and O–H groups in total. The molecule has 0 aliphatic rings. The van der Waals surface area contributed by atoms with Crippen LogP contribution in [0.1, 0.15) is 25.1 Å². The molecule has 0 unspecified atom stereocenters. The number of nitrogens with one attached hydrogen (secondary N) is 1. The zero-order valence-corrected chi connectivity index (χ0v) is 13.0. The van der Waals surface area contributed by atoms with Crippen LogP contribution in [-0.4, -0.2) is 34.8 Å². The fourth-order valence-corrected chi connectivity index (χ4v) is 2.46. The Labute approximate surface area is 120 Å². The van der Waals surface area contributed by atoms with Gasteiger partial charge in [0.15, 0.2) is 0 Å². The number of aromatic nitrogens is 3. The molecule has 0 spiro atoms. The van der Waals surface area contributed by atoms with Crippen molar-refractivity contribution < 1.29 is 4.74 Å². The van der Waals surface area contributed by atoms with Gasteiger partial charge in [-0.25, -0.2) is 9.97 Å². The third-order valence-corrected chi connectivity index (χ3v) is 3.55. The predicted molar refractivity (Wildman–Crippen MR) is 82.2 cm³/mol. The van der Waals surface area contributed by atoms with Crippen molar-refractivity contribution >= 4 is 16.9 Å². The van der Waals surface area contributed by atoms with Gasteiger partial charge in [-0.05, 0) is 25.3 Å². The van der Waals surface area contributed by atoms with Gasteiger partial charge in [0, 0.05) is 25.9 Å². The minimum Gasteiger partial charge on any atom is -0.383 e. The Kier molecular flexibility index (Phi) is 4.60. The van der Waals surface area contributed by atoms with Gasteiger partial charge in [-0.3, -0.25) is 0 Å². The van der Waals surface area contributed by atoms with E-state index in [4.69, 9.17) is 4.74 Å². The fourth-order valence-electron chi connectivity index (χ4n) is 2.46. The number of methoxy groups -OCH3 is 1. The average molecular weight is 276 g/mol. The van der Waals surface area contributed by atoms with Crippen LogP contribution in [0.4, 0.5) is 5.82 Å². The van der Waals surface area contributed by atoms with E-state index >= 15 is 0 Å². The molecule has 2 aromatic heterocycles. The van der Waals surface area contributed by atoms with E-state index in [9.17, 15) is 0 Å². The van der Waals surface area contributed by atoms with Crippen LogP contribution in [-0.2, 0) is 11.3 Å². The lowest BCUT2D eigenvalue weighted by Gasteiger charge is -2.10. The molecule has 20 heavy (non-hydrogen) atoms. The van der Waals surface area contributed by atoms with Gasteiger partial charge in [-0.1, -0.05) is 13.8 Å². The van der Waals surface area contributed by atoms with Crippen LogP contribution in [0, 0.1) is 19.8 Å². The largest absolute Gasteiger partial charge is 0.383 e. The van der Waals surface area contributed by atoms with Crippen molar-refractivity contribution in [1.82, 2.24) is 14.5 Å². The number of ether oxygens (including phenoxy) is 1. The monoisotopic (exact) mass is 276 g/mol. The highest BCUT2D eigenvalue weighted by molar-refractivity contribution is 5.91. The van der Waals surface area contributed by atoms with Crippen molar-refractivity contribution in [3.63, 3.8) is 0 Å². The third kappa shape index (κ3) is 2.77. The normalized spacial score (nSPS) is 11.5. The van der Waals surface area contributed by atoms with Gasteiger partial charge in [-0.2, -0.15) is 0 Å². The second-order valence-electron chi connectivity index (χ2n) is 5.56. The van der Waals surface area contributed by atoms with Crippen molar-refractivity contribution in [2.45, 2.75) is 34.2 Å². The summed E-state index contributed by atoms with van der Waals surface area (Å²) in [6.45, 7) is 11.1. The summed E-state index contributed by atoms with van der Waals surface area (Å²) in [7, 11) is 1.70. The van der Waals surface area contributed by atoms with Crippen molar-refractivity contribution in [2.75, 3.05) is 25.6 Å². The minimum absolute atomic E-state index is 0.587. The van der Waals surface area contributed by atoms with Crippen molar-refractivity contribution in [1.29, 1.82) is 0 Å². The Hall–Kier alpha value is -1.62. The molecule has 0 aliphatic carbocycles. The summed E-state index contributed by atoms with van der Waals surface area (Å²) in [4.78, 5) is 8.87. The number of aryl methyl sites for hydroxylation is 1. The van der Waals surface area contributed by atoms with Crippen LogP contribution >= 0.6 is 0 Å². The lowest BCUT2D eigenvalue weighted by atomic mass is 10.2. The average Bonchev–Trinajstić information content (AvgIpc) is 2.65. The zero-order valence-electron chi connectivity index (χ0n) is 13.0. The summed E-state index contributed by atoms with van der Waals surface area (Å²) in [5.74, 6) is 1.48. The quantitative estimate of drug-likeness (QED) is 0.824. The van der Waals surface area contributed by atoms with E-state index < -0.39 is 0 Å². The van der Waals surface area contributed by atoms with Gasteiger partial charge >= 0.3 is 0 Å². The lowest BCUT2D eigenvalue weighted by molar-refractivity contribution is 0.210. The summed E-state index contributed by atoms with van der Waals surface area (Å²) in [6, 6.07) is 0. The van der Waals surface area contributed by atoms with Gasteiger partial charge in [0.05, 0.1) is 12.0 Å². The van der Waals surface area contributed by atoms with E-state index in [1.165, 1.54) is 11.3 Å². The molecule has 5 nitrogen and oxygen atoms in total. The SMILES string of the molecule is COCCNc1ncnc2c1c(C)c(C)n2CC(C)C. The van der Waals surface area contributed by atoms with Gasteiger partial charge in [0.2, 0.25) is 0 Å². The molecule has 0 amide bonds.